The fourth-order valence-corrected chi connectivity index (χ4v) is 4.70. The number of methoxy groups -OCH3 is 1. The van der Waals surface area contributed by atoms with Crippen molar-refractivity contribution in [1.82, 2.24) is 25.5 Å². The van der Waals surface area contributed by atoms with E-state index < -0.39 is 6.04 Å². The Morgan fingerprint density at radius 3 is 2.68 bits per heavy atom. The molecule has 2 aromatic carbocycles. The fraction of sp³-hybridized carbons (Fsp3) is 0.345. The van der Waals surface area contributed by atoms with Gasteiger partial charge in [0.05, 0.1) is 25.5 Å². The summed E-state index contributed by atoms with van der Waals surface area (Å²) in [6, 6.07) is 11.8. The number of ether oxygens (including phenoxy) is 3. The maximum atomic E-state index is 13.5. The molecule has 0 spiro atoms. The van der Waals surface area contributed by atoms with Crippen LogP contribution in [0.3, 0.4) is 0 Å². The molecule has 3 amide bonds. The van der Waals surface area contributed by atoms with Crippen molar-refractivity contribution in [3.05, 3.63) is 71.7 Å². The van der Waals surface area contributed by atoms with E-state index in [0.717, 1.165) is 5.56 Å². The van der Waals surface area contributed by atoms with Gasteiger partial charge in [0.2, 0.25) is 0 Å². The van der Waals surface area contributed by atoms with Gasteiger partial charge in [0, 0.05) is 45.7 Å². The molecule has 0 radical (unpaired) electrons. The summed E-state index contributed by atoms with van der Waals surface area (Å²) in [4.78, 5) is 50.5. The van der Waals surface area contributed by atoms with Crippen molar-refractivity contribution in [3.8, 4) is 17.2 Å². The molecule has 6 rings (SSSR count). The molecular formula is C29H32N6O6. The van der Waals surface area contributed by atoms with Crippen LogP contribution in [0.2, 0.25) is 0 Å². The zero-order valence-electron chi connectivity index (χ0n) is 23.1. The standard InChI is InChI=1S/C29H32N6O6/c1-34(2)29(38)21-14-30-15-26(32-21)35-11-10-23-22(16-35)33-28(37)19-6-9-24(39-3)25(12-19)40-17-27(36)31-13-18-4-7-20(41-23)8-5-18/h4-9,12,14-15,22-23H,10-11,13,16-17H2,1-3H3,(H,31,36)(H,33,37)/t22-,23+/m0/s1. The highest BCUT2D eigenvalue weighted by molar-refractivity contribution is 5.95. The Morgan fingerprint density at radius 2 is 1.93 bits per heavy atom. The predicted octanol–water partition coefficient (Wildman–Crippen LogP) is 1.65. The second-order valence-corrected chi connectivity index (χ2v) is 10.0. The Bertz CT molecular complexity index is 1430. The summed E-state index contributed by atoms with van der Waals surface area (Å²) in [5, 5.41) is 5.93. The first-order valence-electron chi connectivity index (χ1n) is 13.2. The molecule has 214 valence electrons. The number of hydrogen-bond donors (Lipinski definition) is 2. The number of anilines is 1. The lowest BCUT2D eigenvalue weighted by Gasteiger charge is -2.39. The third-order valence-electron chi connectivity index (χ3n) is 6.92. The number of rotatable bonds is 3. The molecule has 2 N–H and O–H groups in total. The molecule has 4 bridgehead atoms. The van der Waals surface area contributed by atoms with Crippen molar-refractivity contribution in [2.24, 2.45) is 0 Å². The number of hydrogen-bond acceptors (Lipinski definition) is 9. The van der Waals surface area contributed by atoms with Crippen molar-refractivity contribution >= 4 is 23.5 Å². The lowest BCUT2D eigenvalue weighted by atomic mass is 10.0. The minimum Gasteiger partial charge on any atom is -0.493 e. The number of aromatic nitrogens is 2. The summed E-state index contributed by atoms with van der Waals surface area (Å²) in [6.07, 6.45) is 3.28. The van der Waals surface area contributed by atoms with Gasteiger partial charge in [-0.15, -0.1) is 0 Å². The van der Waals surface area contributed by atoms with Gasteiger partial charge in [-0.2, -0.15) is 0 Å². The van der Waals surface area contributed by atoms with Crippen LogP contribution in [-0.2, 0) is 11.3 Å². The monoisotopic (exact) mass is 560 g/mol. The van der Waals surface area contributed by atoms with Crippen LogP contribution >= 0.6 is 0 Å². The number of carbonyl (C=O) groups excluding carboxylic acids is 3. The number of fused-ring (bicyclic) bond motifs is 7. The van der Waals surface area contributed by atoms with Gasteiger partial charge >= 0.3 is 0 Å². The van der Waals surface area contributed by atoms with Gasteiger partial charge < -0.3 is 34.6 Å². The van der Waals surface area contributed by atoms with Crippen LogP contribution in [0.15, 0.2) is 54.9 Å². The van der Waals surface area contributed by atoms with Gasteiger partial charge in [0.15, 0.2) is 18.1 Å². The second-order valence-electron chi connectivity index (χ2n) is 10.0. The minimum atomic E-state index is -0.434. The molecule has 12 nitrogen and oxygen atoms in total. The first kappa shape index (κ1) is 27.7. The number of benzene rings is 2. The lowest BCUT2D eigenvalue weighted by Crippen LogP contribution is -2.57. The van der Waals surface area contributed by atoms with Crippen LogP contribution in [0.5, 0.6) is 17.2 Å². The molecule has 0 saturated carbocycles. The second kappa shape index (κ2) is 12.1. The summed E-state index contributed by atoms with van der Waals surface area (Å²) in [5.41, 5.74) is 1.48. The van der Waals surface area contributed by atoms with E-state index in [-0.39, 0.29) is 41.9 Å². The molecule has 3 aromatic rings. The van der Waals surface area contributed by atoms with Gasteiger partial charge in [-0.1, -0.05) is 12.1 Å². The largest absolute Gasteiger partial charge is 0.493 e. The first-order chi connectivity index (χ1) is 19.8. The van der Waals surface area contributed by atoms with E-state index in [4.69, 9.17) is 14.2 Å². The summed E-state index contributed by atoms with van der Waals surface area (Å²) in [6.45, 7) is 1.05. The molecule has 12 heteroatoms. The Kier molecular flexibility index (Phi) is 8.18. The number of piperidine rings is 1. The average molecular weight is 561 g/mol. The number of nitrogens with zero attached hydrogens (tertiary/aromatic N) is 4. The highest BCUT2D eigenvalue weighted by Gasteiger charge is 2.33. The van der Waals surface area contributed by atoms with Gasteiger partial charge in [-0.05, 0) is 35.9 Å². The Hall–Kier alpha value is -4.87. The van der Waals surface area contributed by atoms with Crippen LogP contribution in [0.1, 0.15) is 32.8 Å². The molecule has 1 saturated heterocycles. The Balaban J connectivity index is 1.45. The zero-order valence-corrected chi connectivity index (χ0v) is 23.1. The molecule has 41 heavy (non-hydrogen) atoms. The van der Waals surface area contributed by atoms with Crippen LogP contribution in [0, 0.1) is 0 Å². The van der Waals surface area contributed by atoms with E-state index in [1.807, 2.05) is 29.2 Å². The molecule has 3 aliphatic rings. The Labute approximate surface area is 237 Å². The Morgan fingerprint density at radius 1 is 1.12 bits per heavy atom. The molecule has 2 atom stereocenters. The first-order valence-corrected chi connectivity index (χ1v) is 13.2. The molecular weight excluding hydrogens is 528 g/mol. The smallest absolute Gasteiger partial charge is 0.273 e. The van der Waals surface area contributed by atoms with Crippen LogP contribution in [0.4, 0.5) is 5.82 Å². The molecule has 1 fully saturated rings. The molecule has 0 unspecified atom stereocenters. The average Bonchev–Trinajstić information content (AvgIpc) is 2.99. The molecule has 4 heterocycles. The van der Waals surface area contributed by atoms with Gasteiger partial charge in [0.1, 0.15) is 23.4 Å². The van der Waals surface area contributed by atoms with Crippen molar-refractivity contribution in [1.29, 1.82) is 0 Å². The highest BCUT2D eigenvalue weighted by atomic mass is 16.5. The normalized spacial score (nSPS) is 19.0. The summed E-state index contributed by atoms with van der Waals surface area (Å²) in [5.74, 6) is 0.967. The quantitative estimate of drug-likeness (QED) is 0.490. The van der Waals surface area contributed by atoms with Crippen molar-refractivity contribution < 1.29 is 28.6 Å². The van der Waals surface area contributed by atoms with E-state index >= 15 is 0 Å². The van der Waals surface area contributed by atoms with Gasteiger partial charge in [0.25, 0.3) is 17.7 Å². The number of amides is 3. The van der Waals surface area contributed by atoms with Crippen molar-refractivity contribution in [3.63, 3.8) is 0 Å². The van der Waals surface area contributed by atoms with Crippen molar-refractivity contribution in [2.75, 3.05) is 45.8 Å². The van der Waals surface area contributed by atoms with E-state index in [1.165, 1.54) is 18.2 Å². The fourth-order valence-electron chi connectivity index (χ4n) is 4.70. The van der Waals surface area contributed by atoms with Crippen LogP contribution in [0.25, 0.3) is 0 Å². The molecule has 3 aliphatic heterocycles. The number of carbonyl (C=O) groups is 3. The van der Waals surface area contributed by atoms with E-state index in [0.29, 0.717) is 48.9 Å². The third-order valence-corrected chi connectivity index (χ3v) is 6.92. The van der Waals surface area contributed by atoms with E-state index in [2.05, 4.69) is 20.6 Å². The van der Waals surface area contributed by atoms with E-state index in [9.17, 15) is 14.4 Å². The van der Waals surface area contributed by atoms with Crippen LogP contribution in [-0.4, -0.2) is 85.6 Å². The van der Waals surface area contributed by atoms with Gasteiger partial charge in [-0.3, -0.25) is 19.4 Å². The summed E-state index contributed by atoms with van der Waals surface area (Å²) in [7, 11) is 4.81. The maximum absolute atomic E-state index is 13.5. The predicted molar refractivity (Wildman–Crippen MR) is 149 cm³/mol. The van der Waals surface area contributed by atoms with Crippen molar-refractivity contribution in [2.45, 2.75) is 25.1 Å². The zero-order chi connectivity index (χ0) is 28.9. The third kappa shape index (κ3) is 6.48. The molecule has 1 aromatic heterocycles. The molecule has 0 aliphatic carbocycles. The van der Waals surface area contributed by atoms with Crippen LogP contribution < -0.4 is 29.7 Å². The topological polar surface area (TPSA) is 135 Å². The number of nitrogens with one attached hydrogen (secondary N) is 2. The maximum Gasteiger partial charge on any atom is 0.273 e. The SMILES string of the molecule is COc1ccc2cc1OCC(=O)NCc1ccc(cc1)O[C@@H]1CCN(c3cncc(C(=O)N(C)C)n3)C[C@@H]1NC2=O. The minimum absolute atomic E-state index is 0.237. The highest BCUT2D eigenvalue weighted by Crippen LogP contribution is 2.29. The van der Waals surface area contributed by atoms with E-state index in [1.54, 1.807) is 38.5 Å². The van der Waals surface area contributed by atoms with Gasteiger partial charge in [-0.25, -0.2) is 4.98 Å². The summed E-state index contributed by atoms with van der Waals surface area (Å²) >= 11 is 0. The lowest BCUT2D eigenvalue weighted by molar-refractivity contribution is -0.123. The summed E-state index contributed by atoms with van der Waals surface area (Å²) < 4.78 is 17.4.